The van der Waals surface area contributed by atoms with Gasteiger partial charge in [0.2, 0.25) is 5.91 Å². The summed E-state index contributed by atoms with van der Waals surface area (Å²) in [5.41, 5.74) is 0. The summed E-state index contributed by atoms with van der Waals surface area (Å²) in [6.45, 7) is -2.64. The molecular formula is C32H48N2O21. The van der Waals surface area contributed by atoms with E-state index in [1.165, 1.54) is 0 Å². The van der Waals surface area contributed by atoms with E-state index in [9.17, 15) is 69.6 Å². The molecule has 4 saturated heterocycles. The van der Waals surface area contributed by atoms with Crippen molar-refractivity contribution in [3.8, 4) is 0 Å². The molecule has 0 radical (unpaired) electrons. The largest absolute Gasteiger partial charge is 0.394 e. The molecule has 0 saturated carbocycles. The van der Waals surface area contributed by atoms with Crippen LogP contribution in [-0.4, -0.2) is 195 Å². The summed E-state index contributed by atoms with van der Waals surface area (Å²) < 4.78 is 33.5. The fraction of sp³-hybridized carbons (Fsp3) is 0.812. The third-order valence-electron chi connectivity index (χ3n) is 9.48. The van der Waals surface area contributed by atoms with Crippen molar-refractivity contribution in [3.63, 3.8) is 0 Å². The van der Waals surface area contributed by atoms with Crippen molar-refractivity contribution in [2.75, 3.05) is 33.0 Å². The Morgan fingerprint density at radius 3 is 1.95 bits per heavy atom. The topological polar surface area (TPSA) is 344 Å². The fourth-order valence-electron chi connectivity index (χ4n) is 6.28. The maximum atomic E-state index is 12.4. The number of imide groups is 1. The zero-order valence-corrected chi connectivity index (χ0v) is 29.4. The number of rotatable bonds is 19. The zero-order valence-electron chi connectivity index (χ0n) is 29.4. The smallest absolute Gasteiger partial charge is 0.333 e. The number of unbranched alkanes of at least 4 members (excludes halogenated alkanes) is 1. The van der Waals surface area contributed by atoms with E-state index in [0.717, 1.165) is 0 Å². The van der Waals surface area contributed by atoms with E-state index in [0.29, 0.717) is 5.06 Å². The number of hydrogen-bond acceptors (Lipinski definition) is 21. The van der Waals surface area contributed by atoms with Gasteiger partial charge in [0.1, 0.15) is 61.4 Å². The number of nitrogens with one attached hydrogen (secondary N) is 1. The molecule has 4 aliphatic heterocycles. The summed E-state index contributed by atoms with van der Waals surface area (Å²) in [6, 6.07) is 0. The fourth-order valence-corrected chi connectivity index (χ4v) is 6.28. The van der Waals surface area contributed by atoms with Gasteiger partial charge < -0.3 is 89.0 Å². The molecule has 0 spiro atoms. The molecule has 23 heteroatoms. The Labute approximate surface area is 312 Å². The number of carbonyl (C=O) groups is 6. The van der Waals surface area contributed by atoms with E-state index in [2.05, 4.69) is 5.32 Å². The van der Waals surface area contributed by atoms with E-state index in [1.54, 1.807) is 0 Å². The lowest BCUT2D eigenvalue weighted by Crippen LogP contribution is -2.64. The van der Waals surface area contributed by atoms with Gasteiger partial charge in [-0.2, -0.15) is 0 Å². The lowest BCUT2D eigenvalue weighted by Gasteiger charge is -2.46. The first kappa shape index (κ1) is 44.6. The molecule has 23 nitrogen and oxygen atoms in total. The quantitative estimate of drug-likeness (QED) is 0.0333. The van der Waals surface area contributed by atoms with Crippen molar-refractivity contribution >= 4 is 36.3 Å². The number of aliphatic hydroxyl groups excluding tert-OH is 8. The van der Waals surface area contributed by atoms with Gasteiger partial charge in [0.25, 0.3) is 11.8 Å². The number of nitrogens with zero attached hydrogens (tertiary/aromatic N) is 1. The van der Waals surface area contributed by atoms with Crippen molar-refractivity contribution in [2.24, 2.45) is 11.8 Å². The van der Waals surface area contributed by atoms with Crippen LogP contribution in [-0.2, 0) is 62.0 Å². The van der Waals surface area contributed by atoms with Gasteiger partial charge in [-0.3, -0.25) is 14.4 Å². The molecule has 4 aliphatic rings. The standard InChI is InChI=1S/C32H48N2O21/c35-9-14-23(43)16(11-37)52-32(25(14)45)54-29-27(47)18(13-50-30-15(10-36)24(44)26(46)17(12-38)51-30)53-31(28(29)48)49-8-7-33-19(39)3-1-2-4-22(42)55-34-20(40)5-6-21(34)41/h9-10,14-18,23-32,37-38,43-48H,1-8,11-13H2,(H,33,39)/t14-,15-,16+,17+,18+,23-,24+,25-,26+,27+,28-,29-,30-,31-,32+/m0/s1. The van der Waals surface area contributed by atoms with Crippen LogP contribution < -0.4 is 5.32 Å². The first-order valence-corrected chi connectivity index (χ1v) is 17.6. The van der Waals surface area contributed by atoms with Crippen LogP contribution in [0.25, 0.3) is 0 Å². The second kappa shape index (κ2) is 20.9. The van der Waals surface area contributed by atoms with Crippen molar-refractivity contribution in [1.29, 1.82) is 0 Å². The Balaban J connectivity index is 1.34. The molecule has 55 heavy (non-hydrogen) atoms. The van der Waals surface area contributed by atoms with Gasteiger partial charge in [-0.05, 0) is 12.8 Å². The molecule has 0 aromatic heterocycles. The number of carbonyl (C=O) groups excluding carboxylic acids is 6. The third kappa shape index (κ3) is 11.0. The molecular weight excluding hydrogens is 748 g/mol. The van der Waals surface area contributed by atoms with Gasteiger partial charge in [0.05, 0.1) is 50.5 Å². The predicted octanol–water partition coefficient (Wildman–Crippen LogP) is -6.36. The molecule has 9 N–H and O–H groups in total. The van der Waals surface area contributed by atoms with Gasteiger partial charge in [0.15, 0.2) is 18.9 Å². The van der Waals surface area contributed by atoms with Crippen molar-refractivity contribution in [2.45, 2.75) is 118 Å². The Morgan fingerprint density at radius 2 is 1.31 bits per heavy atom. The minimum Gasteiger partial charge on any atom is -0.394 e. The van der Waals surface area contributed by atoms with Gasteiger partial charge in [-0.25, -0.2) is 4.79 Å². The SMILES string of the molecule is O=C[C@@H]1[C@H](O)[C@@H](O[C@@H]2[C@H](O)[C@@H](OCCNC(=O)CCCCC(=O)ON3C(=O)CCC3=O)O[C@H](CO[C@H]3O[C@H](CO)[C@@H](O)[C@H](O)[C@@H]3C=O)[C@H]2O)O[C@H](CO)[C@H]1O. The van der Waals surface area contributed by atoms with Gasteiger partial charge in [0, 0.05) is 32.2 Å². The molecule has 0 bridgehead atoms. The highest BCUT2D eigenvalue weighted by molar-refractivity contribution is 6.01. The van der Waals surface area contributed by atoms with Crippen molar-refractivity contribution < 1.29 is 103 Å². The average molecular weight is 797 g/mol. The Hall–Kier alpha value is -3.14. The maximum Gasteiger partial charge on any atom is 0.333 e. The number of amides is 3. The van der Waals surface area contributed by atoms with E-state index in [4.69, 9.17) is 33.3 Å². The van der Waals surface area contributed by atoms with E-state index in [-0.39, 0.29) is 64.2 Å². The highest BCUT2D eigenvalue weighted by Crippen LogP contribution is 2.32. The van der Waals surface area contributed by atoms with E-state index >= 15 is 0 Å². The summed E-state index contributed by atoms with van der Waals surface area (Å²) in [5.74, 6) is -5.42. The highest BCUT2D eigenvalue weighted by atomic mass is 16.7. The van der Waals surface area contributed by atoms with Crippen LogP contribution in [0.1, 0.15) is 38.5 Å². The Bertz CT molecular complexity index is 1310. The van der Waals surface area contributed by atoms with Gasteiger partial charge in [-0.1, -0.05) is 0 Å². The number of hydrogen-bond donors (Lipinski definition) is 9. The summed E-state index contributed by atoms with van der Waals surface area (Å²) in [7, 11) is 0. The maximum absolute atomic E-state index is 12.4. The molecule has 4 rings (SSSR count). The summed E-state index contributed by atoms with van der Waals surface area (Å²) in [5, 5.41) is 86.0. The lowest BCUT2D eigenvalue weighted by molar-refractivity contribution is -0.359. The second-order valence-corrected chi connectivity index (χ2v) is 13.3. The summed E-state index contributed by atoms with van der Waals surface area (Å²) in [6.07, 6.45) is -20.8. The van der Waals surface area contributed by atoms with Gasteiger partial charge >= 0.3 is 5.97 Å². The second-order valence-electron chi connectivity index (χ2n) is 13.3. The Morgan fingerprint density at radius 1 is 0.709 bits per heavy atom. The zero-order chi connectivity index (χ0) is 40.4. The van der Waals surface area contributed by atoms with Crippen LogP contribution in [0.15, 0.2) is 0 Å². The molecule has 4 fully saturated rings. The molecule has 0 aliphatic carbocycles. The first-order chi connectivity index (χ1) is 26.3. The van der Waals surface area contributed by atoms with Crippen molar-refractivity contribution in [3.05, 3.63) is 0 Å². The van der Waals surface area contributed by atoms with E-state index in [1.807, 2.05) is 0 Å². The van der Waals surface area contributed by atoms with Crippen LogP contribution in [0.3, 0.4) is 0 Å². The highest BCUT2D eigenvalue weighted by Gasteiger charge is 2.52. The lowest BCUT2D eigenvalue weighted by atomic mass is 9.90. The number of aldehydes is 2. The minimum atomic E-state index is -1.86. The average Bonchev–Trinajstić information content (AvgIpc) is 3.48. The third-order valence-corrected chi connectivity index (χ3v) is 9.48. The Kier molecular flexibility index (Phi) is 16.9. The number of ether oxygens (including phenoxy) is 6. The molecule has 0 aromatic rings. The molecule has 0 unspecified atom stereocenters. The van der Waals surface area contributed by atoms with Crippen LogP contribution in [0.2, 0.25) is 0 Å². The van der Waals surface area contributed by atoms with E-state index < -0.39 is 135 Å². The number of hydroxylamine groups is 2. The molecule has 15 atom stereocenters. The van der Waals surface area contributed by atoms with Crippen LogP contribution in [0.5, 0.6) is 0 Å². The summed E-state index contributed by atoms with van der Waals surface area (Å²) in [4.78, 5) is 75.5. The molecule has 4 heterocycles. The number of aliphatic hydroxyl groups is 8. The normalized spacial score (nSPS) is 38.1. The van der Waals surface area contributed by atoms with Crippen LogP contribution >= 0.6 is 0 Å². The monoisotopic (exact) mass is 796 g/mol. The first-order valence-electron chi connectivity index (χ1n) is 17.6. The summed E-state index contributed by atoms with van der Waals surface area (Å²) >= 11 is 0. The molecule has 3 amide bonds. The van der Waals surface area contributed by atoms with Crippen LogP contribution in [0, 0.1) is 11.8 Å². The molecule has 0 aromatic carbocycles. The van der Waals surface area contributed by atoms with Crippen LogP contribution in [0.4, 0.5) is 0 Å². The predicted molar refractivity (Wildman–Crippen MR) is 171 cm³/mol. The minimum absolute atomic E-state index is 0.0260. The van der Waals surface area contributed by atoms with Gasteiger partial charge in [-0.15, -0.1) is 5.06 Å². The molecule has 312 valence electrons. The van der Waals surface area contributed by atoms with Crippen molar-refractivity contribution in [1.82, 2.24) is 10.4 Å².